The van der Waals surface area contributed by atoms with Crippen molar-refractivity contribution < 1.29 is 14.4 Å². The molecule has 1 unspecified atom stereocenters. The van der Waals surface area contributed by atoms with Crippen LogP contribution in [0, 0.1) is 11.3 Å². The van der Waals surface area contributed by atoms with Crippen LogP contribution in [0.25, 0.3) is 0 Å². The van der Waals surface area contributed by atoms with Crippen molar-refractivity contribution in [2.45, 2.75) is 82.9 Å². The summed E-state index contributed by atoms with van der Waals surface area (Å²) in [5.74, 6) is 0.0985. The van der Waals surface area contributed by atoms with Gasteiger partial charge in [0.1, 0.15) is 0 Å². The van der Waals surface area contributed by atoms with Gasteiger partial charge in [-0.3, -0.25) is 9.63 Å². The molecule has 2 saturated heterocycles. The summed E-state index contributed by atoms with van der Waals surface area (Å²) in [5, 5.41) is 2.22. The van der Waals surface area contributed by atoms with Gasteiger partial charge < -0.3 is 4.74 Å². The van der Waals surface area contributed by atoms with Gasteiger partial charge in [0.25, 0.3) is 0 Å². The zero-order chi connectivity index (χ0) is 14.5. The highest BCUT2D eigenvalue weighted by atomic mass is 16.8. The lowest BCUT2D eigenvalue weighted by Crippen LogP contribution is -2.53. The molecule has 2 saturated carbocycles. The molecule has 2 aliphatic carbocycles. The summed E-state index contributed by atoms with van der Waals surface area (Å²) in [6.07, 6.45) is 12.2. The van der Waals surface area contributed by atoms with E-state index < -0.39 is 0 Å². The van der Waals surface area contributed by atoms with E-state index in [4.69, 9.17) is 9.57 Å². The van der Waals surface area contributed by atoms with Gasteiger partial charge in [-0.05, 0) is 32.6 Å². The predicted octanol–water partition coefficient (Wildman–Crippen LogP) is 3.41. The van der Waals surface area contributed by atoms with Gasteiger partial charge in [0.2, 0.25) is 0 Å². The summed E-state index contributed by atoms with van der Waals surface area (Å²) in [6.45, 7) is 2.42. The van der Waals surface area contributed by atoms with E-state index in [9.17, 15) is 4.79 Å². The number of ether oxygens (including phenoxy) is 1. The minimum Gasteiger partial charge on any atom is -0.466 e. The maximum Gasteiger partial charge on any atom is 0.311 e. The second-order valence-electron chi connectivity index (χ2n) is 7.43. The van der Waals surface area contributed by atoms with Crippen LogP contribution in [0.15, 0.2) is 0 Å². The van der Waals surface area contributed by atoms with E-state index in [0.717, 1.165) is 25.7 Å². The summed E-state index contributed by atoms with van der Waals surface area (Å²) in [7, 11) is 0. The first-order valence-corrected chi connectivity index (χ1v) is 8.87. The maximum absolute atomic E-state index is 12.9. The van der Waals surface area contributed by atoms with Crippen LogP contribution in [0.1, 0.15) is 71.1 Å². The van der Waals surface area contributed by atoms with Crippen molar-refractivity contribution in [3.63, 3.8) is 0 Å². The molecule has 4 rings (SSSR count). The molecule has 0 aromatic carbocycles. The fourth-order valence-electron chi connectivity index (χ4n) is 5.66. The number of carbonyl (C=O) groups is 1. The molecule has 21 heavy (non-hydrogen) atoms. The number of esters is 1. The number of hydrogen-bond acceptors (Lipinski definition) is 4. The van der Waals surface area contributed by atoms with Gasteiger partial charge in [-0.2, -0.15) is 0 Å². The van der Waals surface area contributed by atoms with Gasteiger partial charge in [-0.15, -0.1) is 5.06 Å². The van der Waals surface area contributed by atoms with Gasteiger partial charge >= 0.3 is 5.97 Å². The molecular weight excluding hydrogens is 266 g/mol. The zero-order valence-electron chi connectivity index (χ0n) is 13.1. The monoisotopic (exact) mass is 293 g/mol. The Bertz CT molecular complexity index is 394. The molecule has 0 bridgehead atoms. The largest absolute Gasteiger partial charge is 0.466 e. The van der Waals surface area contributed by atoms with E-state index in [1.165, 1.54) is 38.5 Å². The standard InChI is InChI=1S/C17H27NO3/c1-2-20-14(19)13-16(9-5-3-6-10-16)15-18(21-15)17(13)11-7-4-8-12-17/h13,15H,2-12H2,1H3/t13-,15-,18?/m1/s1. The van der Waals surface area contributed by atoms with Gasteiger partial charge in [0, 0.05) is 5.41 Å². The molecule has 0 aromatic heterocycles. The smallest absolute Gasteiger partial charge is 0.311 e. The molecule has 4 nitrogen and oxygen atoms in total. The molecule has 4 aliphatic rings. The lowest BCUT2D eigenvalue weighted by atomic mass is 9.59. The first-order valence-electron chi connectivity index (χ1n) is 8.87. The average Bonchev–Trinajstić information content (AvgIpc) is 3.28. The molecule has 2 aliphatic heterocycles. The minimum absolute atomic E-state index is 0.0435. The number of nitrogens with zero attached hydrogens (tertiary/aromatic N) is 1. The Morgan fingerprint density at radius 3 is 2.33 bits per heavy atom. The normalized spacial score (nSPS) is 39.2. The van der Waals surface area contributed by atoms with Crippen molar-refractivity contribution in [3.05, 3.63) is 0 Å². The summed E-state index contributed by atoms with van der Waals surface area (Å²) in [5.41, 5.74) is -0.00560. The Balaban J connectivity index is 1.72. The molecule has 0 aromatic rings. The Kier molecular flexibility index (Phi) is 3.30. The van der Waals surface area contributed by atoms with Crippen molar-refractivity contribution >= 4 is 5.97 Å². The van der Waals surface area contributed by atoms with E-state index >= 15 is 0 Å². The van der Waals surface area contributed by atoms with Crippen LogP contribution in [-0.4, -0.2) is 29.4 Å². The molecule has 2 spiro atoms. The number of hydrogen-bond donors (Lipinski definition) is 0. The number of fused-ring (bicyclic) bond motifs is 3. The molecular formula is C17H27NO3. The number of rotatable bonds is 2. The zero-order valence-corrected chi connectivity index (χ0v) is 13.1. The first kappa shape index (κ1) is 14.0. The quantitative estimate of drug-likeness (QED) is 0.578. The van der Waals surface area contributed by atoms with Gasteiger partial charge in [0.05, 0.1) is 18.1 Å². The van der Waals surface area contributed by atoms with E-state index in [1.54, 1.807) is 0 Å². The molecule has 0 radical (unpaired) electrons. The van der Waals surface area contributed by atoms with Crippen LogP contribution in [0.5, 0.6) is 0 Å². The highest BCUT2D eigenvalue weighted by Crippen LogP contribution is 2.68. The van der Waals surface area contributed by atoms with E-state index in [0.29, 0.717) is 6.61 Å². The van der Waals surface area contributed by atoms with Crippen LogP contribution in [0.3, 0.4) is 0 Å². The van der Waals surface area contributed by atoms with Crippen LogP contribution in [0.4, 0.5) is 0 Å². The topological polar surface area (TPSA) is 41.8 Å². The van der Waals surface area contributed by atoms with Gasteiger partial charge in [-0.1, -0.05) is 38.5 Å². The molecule has 2 heterocycles. The highest BCUT2D eigenvalue weighted by molar-refractivity contribution is 5.76. The molecule has 118 valence electrons. The lowest BCUT2D eigenvalue weighted by Gasteiger charge is -2.46. The third kappa shape index (κ3) is 1.84. The Labute approximate surface area is 127 Å². The number of hydroxylamine groups is 2. The van der Waals surface area contributed by atoms with Crippen molar-refractivity contribution in [3.8, 4) is 0 Å². The fraction of sp³-hybridized carbons (Fsp3) is 0.941. The maximum atomic E-state index is 12.9. The van der Waals surface area contributed by atoms with Crippen molar-refractivity contribution in [1.29, 1.82) is 0 Å². The summed E-state index contributed by atoms with van der Waals surface area (Å²) >= 11 is 0. The molecule has 4 fully saturated rings. The third-order valence-corrected chi connectivity index (χ3v) is 6.45. The average molecular weight is 293 g/mol. The summed E-state index contributed by atoms with van der Waals surface area (Å²) < 4.78 is 5.53. The van der Waals surface area contributed by atoms with E-state index in [1.807, 2.05) is 6.92 Å². The second-order valence-corrected chi connectivity index (χ2v) is 7.43. The Morgan fingerprint density at radius 1 is 1.10 bits per heavy atom. The third-order valence-electron chi connectivity index (χ3n) is 6.45. The molecule has 0 amide bonds. The van der Waals surface area contributed by atoms with Crippen LogP contribution in [0.2, 0.25) is 0 Å². The fourth-order valence-corrected chi connectivity index (χ4v) is 5.66. The van der Waals surface area contributed by atoms with Crippen LogP contribution in [-0.2, 0) is 14.4 Å². The summed E-state index contributed by atoms with van der Waals surface area (Å²) in [4.78, 5) is 18.9. The second kappa shape index (κ2) is 4.95. The minimum atomic E-state index is -0.0491. The Morgan fingerprint density at radius 2 is 1.71 bits per heavy atom. The molecule has 3 atom stereocenters. The highest BCUT2D eigenvalue weighted by Gasteiger charge is 2.77. The van der Waals surface area contributed by atoms with Crippen LogP contribution < -0.4 is 0 Å². The molecule has 4 heteroatoms. The van der Waals surface area contributed by atoms with Crippen molar-refractivity contribution in [1.82, 2.24) is 5.06 Å². The summed E-state index contributed by atoms with van der Waals surface area (Å²) in [6, 6.07) is 0. The van der Waals surface area contributed by atoms with E-state index in [-0.39, 0.29) is 29.1 Å². The van der Waals surface area contributed by atoms with Crippen LogP contribution >= 0.6 is 0 Å². The molecule has 0 N–H and O–H groups in total. The van der Waals surface area contributed by atoms with Gasteiger partial charge in [-0.25, -0.2) is 0 Å². The van der Waals surface area contributed by atoms with Crippen molar-refractivity contribution in [2.75, 3.05) is 6.61 Å². The Hall–Kier alpha value is -0.610. The number of carbonyl (C=O) groups excluding carboxylic acids is 1. The van der Waals surface area contributed by atoms with Crippen molar-refractivity contribution in [2.24, 2.45) is 11.3 Å². The first-order chi connectivity index (χ1) is 10.2. The van der Waals surface area contributed by atoms with Gasteiger partial charge in [0.15, 0.2) is 6.23 Å². The lowest BCUT2D eigenvalue weighted by molar-refractivity contribution is -0.166. The SMILES string of the molecule is CCOC(=O)[C@@H]1C2(CCCCC2)[C@H]2ON2C12CCCCC2. The van der Waals surface area contributed by atoms with E-state index in [2.05, 4.69) is 5.06 Å². The predicted molar refractivity (Wildman–Crippen MR) is 78.2 cm³/mol.